The zero-order valence-electron chi connectivity index (χ0n) is 15.5. The van der Waals surface area contributed by atoms with Crippen molar-refractivity contribution in [3.8, 4) is 0 Å². The number of aliphatic imine (C=N–C) groups is 1. The number of amides is 1. The highest BCUT2D eigenvalue weighted by Gasteiger charge is 2.06. The van der Waals surface area contributed by atoms with Crippen LogP contribution in [0.25, 0.3) is 0 Å². The lowest BCUT2D eigenvalue weighted by Crippen LogP contribution is -2.37. The maximum absolute atomic E-state index is 11.7. The van der Waals surface area contributed by atoms with Crippen molar-refractivity contribution >= 4 is 17.6 Å². The van der Waals surface area contributed by atoms with E-state index in [1.54, 1.807) is 7.05 Å². The Morgan fingerprint density at radius 1 is 1.08 bits per heavy atom. The first-order valence-electron chi connectivity index (χ1n) is 8.91. The van der Waals surface area contributed by atoms with Crippen LogP contribution < -0.4 is 16.0 Å². The number of carbonyl (C=O) groups excluding carboxylic acids is 1. The van der Waals surface area contributed by atoms with Crippen molar-refractivity contribution in [3.05, 3.63) is 29.8 Å². The fourth-order valence-electron chi connectivity index (χ4n) is 2.16. The second-order valence-corrected chi connectivity index (χ2v) is 6.25. The number of guanidine groups is 1. The lowest BCUT2D eigenvalue weighted by atomic mass is 10.1. The Morgan fingerprint density at radius 2 is 1.79 bits per heavy atom. The second kappa shape index (κ2) is 11.5. The van der Waals surface area contributed by atoms with Gasteiger partial charge in [0.2, 0.25) is 5.91 Å². The zero-order valence-corrected chi connectivity index (χ0v) is 15.5. The van der Waals surface area contributed by atoms with E-state index in [0.717, 1.165) is 23.8 Å². The van der Waals surface area contributed by atoms with Gasteiger partial charge in [-0.2, -0.15) is 0 Å². The van der Waals surface area contributed by atoms with Crippen LogP contribution in [0, 0.1) is 5.92 Å². The first-order chi connectivity index (χ1) is 11.6. The summed E-state index contributed by atoms with van der Waals surface area (Å²) in [6, 6.07) is 7.88. The molecule has 0 saturated heterocycles. The van der Waals surface area contributed by atoms with Gasteiger partial charge in [0, 0.05) is 31.7 Å². The van der Waals surface area contributed by atoms with E-state index in [9.17, 15) is 4.79 Å². The number of carbonyl (C=O) groups is 1. The largest absolute Gasteiger partial charge is 0.356 e. The summed E-state index contributed by atoms with van der Waals surface area (Å²) in [4.78, 5) is 15.9. The smallest absolute Gasteiger partial charge is 0.226 e. The van der Waals surface area contributed by atoms with Gasteiger partial charge < -0.3 is 16.0 Å². The van der Waals surface area contributed by atoms with Gasteiger partial charge in [-0.1, -0.05) is 52.2 Å². The Kier molecular flexibility index (Phi) is 9.58. The van der Waals surface area contributed by atoms with Crippen molar-refractivity contribution in [1.29, 1.82) is 0 Å². The molecule has 5 heteroatoms. The van der Waals surface area contributed by atoms with Crippen molar-refractivity contribution in [2.24, 2.45) is 10.9 Å². The molecule has 1 aromatic carbocycles. The molecule has 24 heavy (non-hydrogen) atoms. The minimum Gasteiger partial charge on any atom is -0.356 e. The molecule has 0 aliphatic rings. The maximum atomic E-state index is 11.7. The number of rotatable bonds is 9. The lowest BCUT2D eigenvalue weighted by Gasteiger charge is -2.12. The third-order valence-corrected chi connectivity index (χ3v) is 3.75. The summed E-state index contributed by atoms with van der Waals surface area (Å²) in [5, 5.41) is 9.53. The number of hydrogen-bond donors (Lipinski definition) is 3. The molecule has 1 aromatic rings. The molecule has 0 aliphatic carbocycles. The van der Waals surface area contributed by atoms with Crippen molar-refractivity contribution < 1.29 is 4.79 Å². The fraction of sp³-hybridized carbons (Fsp3) is 0.579. The topological polar surface area (TPSA) is 65.5 Å². The molecule has 0 radical (unpaired) electrons. The maximum Gasteiger partial charge on any atom is 0.226 e. The van der Waals surface area contributed by atoms with E-state index in [4.69, 9.17) is 0 Å². The van der Waals surface area contributed by atoms with Crippen LogP contribution >= 0.6 is 0 Å². The minimum atomic E-state index is -0.0157. The Hall–Kier alpha value is -2.04. The van der Waals surface area contributed by atoms with Gasteiger partial charge in [-0.05, 0) is 24.1 Å². The van der Waals surface area contributed by atoms with Crippen LogP contribution in [-0.4, -0.2) is 25.5 Å². The van der Waals surface area contributed by atoms with Crippen molar-refractivity contribution in [3.63, 3.8) is 0 Å². The lowest BCUT2D eigenvalue weighted by molar-refractivity contribution is -0.118. The molecular formula is C19H32N4O. The molecule has 0 fully saturated rings. The van der Waals surface area contributed by atoms with Crippen LogP contribution in [0.4, 0.5) is 5.69 Å². The van der Waals surface area contributed by atoms with E-state index in [1.807, 2.05) is 38.1 Å². The molecule has 134 valence electrons. The number of anilines is 1. The summed E-state index contributed by atoms with van der Waals surface area (Å²) >= 11 is 0. The normalized spacial score (nSPS) is 11.5. The zero-order chi connectivity index (χ0) is 17.8. The van der Waals surface area contributed by atoms with Crippen molar-refractivity contribution in [1.82, 2.24) is 10.6 Å². The van der Waals surface area contributed by atoms with Crippen LogP contribution in [0.5, 0.6) is 0 Å². The Labute approximate surface area is 146 Å². The van der Waals surface area contributed by atoms with E-state index in [0.29, 0.717) is 6.54 Å². The second-order valence-electron chi connectivity index (χ2n) is 6.25. The van der Waals surface area contributed by atoms with Crippen molar-refractivity contribution in [2.45, 2.75) is 53.0 Å². The van der Waals surface area contributed by atoms with Crippen LogP contribution in [0.3, 0.4) is 0 Å². The summed E-state index contributed by atoms with van der Waals surface area (Å²) in [7, 11) is 1.78. The third-order valence-electron chi connectivity index (χ3n) is 3.75. The van der Waals surface area contributed by atoms with Crippen LogP contribution in [0.2, 0.25) is 0 Å². The molecule has 0 aromatic heterocycles. The molecule has 0 unspecified atom stereocenters. The van der Waals surface area contributed by atoms with Gasteiger partial charge >= 0.3 is 0 Å². The monoisotopic (exact) mass is 332 g/mol. The average molecular weight is 332 g/mol. The van der Waals surface area contributed by atoms with Gasteiger partial charge in [-0.3, -0.25) is 9.79 Å². The first kappa shape index (κ1) is 20.0. The SMILES string of the molecule is CCCCCCNC(=NC)NCc1ccc(NC(=O)C(C)C)cc1. The molecule has 0 saturated carbocycles. The molecule has 5 nitrogen and oxygen atoms in total. The van der Waals surface area contributed by atoms with E-state index in [1.165, 1.54) is 25.7 Å². The first-order valence-corrected chi connectivity index (χ1v) is 8.91. The van der Waals surface area contributed by atoms with Gasteiger partial charge in [0.05, 0.1) is 0 Å². The molecule has 1 amide bonds. The van der Waals surface area contributed by atoms with E-state index in [-0.39, 0.29) is 11.8 Å². The Morgan fingerprint density at radius 3 is 2.38 bits per heavy atom. The predicted molar refractivity (Wildman–Crippen MR) is 102 cm³/mol. The van der Waals surface area contributed by atoms with Gasteiger partial charge in [-0.15, -0.1) is 0 Å². The molecular weight excluding hydrogens is 300 g/mol. The quantitative estimate of drug-likeness (QED) is 0.368. The number of nitrogens with zero attached hydrogens (tertiary/aromatic N) is 1. The van der Waals surface area contributed by atoms with E-state index < -0.39 is 0 Å². The summed E-state index contributed by atoms with van der Waals surface area (Å²) in [6.07, 6.45) is 4.96. The van der Waals surface area contributed by atoms with E-state index >= 15 is 0 Å². The van der Waals surface area contributed by atoms with Crippen LogP contribution in [0.15, 0.2) is 29.3 Å². The summed E-state index contributed by atoms with van der Waals surface area (Å²) in [5.41, 5.74) is 1.97. The molecule has 0 atom stereocenters. The number of hydrogen-bond acceptors (Lipinski definition) is 2. The van der Waals surface area contributed by atoms with Gasteiger partial charge in [0.15, 0.2) is 5.96 Å². The van der Waals surface area contributed by atoms with Crippen LogP contribution in [-0.2, 0) is 11.3 Å². The number of benzene rings is 1. The highest BCUT2D eigenvalue weighted by molar-refractivity contribution is 5.92. The standard InChI is InChI=1S/C19H32N4O/c1-5-6-7-8-13-21-19(20-4)22-14-16-9-11-17(12-10-16)23-18(24)15(2)3/h9-12,15H,5-8,13-14H2,1-4H3,(H,23,24)(H2,20,21,22). The highest BCUT2D eigenvalue weighted by atomic mass is 16.1. The molecule has 3 N–H and O–H groups in total. The summed E-state index contributed by atoms with van der Waals surface area (Å²) in [6.45, 7) is 7.63. The third kappa shape index (κ3) is 7.99. The Balaban J connectivity index is 2.36. The van der Waals surface area contributed by atoms with E-state index in [2.05, 4.69) is 27.9 Å². The van der Waals surface area contributed by atoms with Gasteiger partial charge in [-0.25, -0.2) is 0 Å². The molecule has 0 heterocycles. The van der Waals surface area contributed by atoms with Gasteiger partial charge in [0.1, 0.15) is 0 Å². The Bertz CT molecular complexity index is 509. The molecule has 0 aliphatic heterocycles. The van der Waals surface area contributed by atoms with Crippen LogP contribution in [0.1, 0.15) is 52.0 Å². The average Bonchev–Trinajstić information content (AvgIpc) is 2.58. The fourth-order valence-corrected chi connectivity index (χ4v) is 2.16. The summed E-state index contributed by atoms with van der Waals surface area (Å²) < 4.78 is 0. The molecule has 0 spiro atoms. The minimum absolute atomic E-state index is 0.0157. The molecule has 0 bridgehead atoms. The number of nitrogens with one attached hydrogen (secondary N) is 3. The highest BCUT2D eigenvalue weighted by Crippen LogP contribution is 2.10. The predicted octanol–water partition coefficient (Wildman–Crippen LogP) is 3.53. The number of unbranched alkanes of at least 4 members (excludes halogenated alkanes) is 3. The summed E-state index contributed by atoms with van der Waals surface area (Å²) in [5.74, 6) is 0.843. The molecule has 1 rings (SSSR count). The van der Waals surface area contributed by atoms with Crippen molar-refractivity contribution in [2.75, 3.05) is 18.9 Å². The van der Waals surface area contributed by atoms with Gasteiger partial charge in [0.25, 0.3) is 0 Å².